The van der Waals surface area contributed by atoms with Crippen LogP contribution in [0.1, 0.15) is 12.5 Å². The van der Waals surface area contributed by atoms with Crippen LogP contribution in [0.4, 0.5) is 0 Å². The quantitative estimate of drug-likeness (QED) is 0.568. The molecule has 1 rings (SSSR count). The summed E-state index contributed by atoms with van der Waals surface area (Å²) in [6.07, 6.45) is 0. The average Bonchev–Trinajstić information content (AvgIpc) is 2.20. The van der Waals surface area contributed by atoms with Gasteiger partial charge < -0.3 is 0 Å². The van der Waals surface area contributed by atoms with Crippen LogP contribution in [0.15, 0.2) is 24.3 Å². The maximum absolute atomic E-state index is 3.47. The van der Waals surface area contributed by atoms with Crippen molar-refractivity contribution < 1.29 is 0 Å². The molecule has 0 N–H and O–H groups in total. The molecule has 0 amide bonds. The smallest absolute Gasteiger partial charge is 0.0233 e. The third kappa shape index (κ3) is 4.28. The zero-order valence-electron chi connectivity index (χ0n) is 8.34. The van der Waals surface area contributed by atoms with Gasteiger partial charge >= 0.3 is 0 Å². The maximum atomic E-state index is 3.47. The van der Waals surface area contributed by atoms with Gasteiger partial charge in [0.2, 0.25) is 0 Å². The van der Waals surface area contributed by atoms with Crippen LogP contribution in [0.5, 0.6) is 0 Å². The van der Waals surface area contributed by atoms with Gasteiger partial charge in [0.15, 0.2) is 0 Å². The minimum absolute atomic E-state index is 1.05. The Morgan fingerprint density at radius 1 is 1.29 bits per heavy atom. The van der Waals surface area contributed by atoms with Gasteiger partial charge in [-0.15, -0.1) is 0 Å². The first-order valence-electron chi connectivity index (χ1n) is 4.79. The van der Waals surface area contributed by atoms with Crippen molar-refractivity contribution in [1.82, 2.24) is 4.90 Å². The molecule has 0 bridgehead atoms. The summed E-state index contributed by atoms with van der Waals surface area (Å²) in [5.74, 6) is 0. The molecule has 0 saturated carbocycles. The van der Waals surface area contributed by atoms with E-state index < -0.39 is 0 Å². The van der Waals surface area contributed by atoms with E-state index >= 15 is 0 Å². The van der Waals surface area contributed by atoms with E-state index in [4.69, 9.17) is 0 Å². The van der Waals surface area contributed by atoms with Gasteiger partial charge in [-0.25, -0.2) is 0 Å². The van der Waals surface area contributed by atoms with Crippen molar-refractivity contribution in [3.63, 3.8) is 0 Å². The molecule has 3 heteroatoms. The fourth-order valence-electron chi connectivity index (χ4n) is 1.32. The molecule has 78 valence electrons. The summed E-state index contributed by atoms with van der Waals surface area (Å²) >= 11 is 5.81. The average molecular weight is 368 g/mol. The van der Waals surface area contributed by atoms with E-state index in [1.807, 2.05) is 0 Å². The van der Waals surface area contributed by atoms with Crippen LogP contribution in [0.25, 0.3) is 0 Å². The van der Waals surface area contributed by atoms with Crippen molar-refractivity contribution in [3.05, 3.63) is 33.4 Å². The molecule has 14 heavy (non-hydrogen) atoms. The second-order valence-electron chi connectivity index (χ2n) is 3.18. The van der Waals surface area contributed by atoms with E-state index in [-0.39, 0.29) is 0 Å². The van der Waals surface area contributed by atoms with Gasteiger partial charge in [0.25, 0.3) is 0 Å². The van der Waals surface area contributed by atoms with Crippen LogP contribution in [-0.4, -0.2) is 23.3 Å². The number of hydrogen-bond acceptors (Lipinski definition) is 1. The molecule has 0 heterocycles. The molecule has 1 aromatic carbocycles. The lowest BCUT2D eigenvalue weighted by Gasteiger charge is -2.18. The summed E-state index contributed by atoms with van der Waals surface area (Å²) in [6.45, 7) is 5.48. The van der Waals surface area contributed by atoms with Gasteiger partial charge in [-0.2, -0.15) is 0 Å². The Bertz CT molecular complexity index is 260. The largest absolute Gasteiger partial charge is 0.299 e. The van der Waals surface area contributed by atoms with Gasteiger partial charge in [-0.05, 0) is 46.8 Å². The van der Waals surface area contributed by atoms with Gasteiger partial charge in [-0.1, -0.05) is 35.0 Å². The van der Waals surface area contributed by atoms with Crippen LogP contribution >= 0.6 is 38.5 Å². The number of halogens is 2. The fraction of sp³-hybridized carbons (Fsp3) is 0.455. The Labute approximate surface area is 108 Å². The first-order chi connectivity index (χ1) is 6.76. The van der Waals surface area contributed by atoms with Crippen molar-refractivity contribution >= 4 is 38.5 Å². The number of hydrogen-bond donors (Lipinski definition) is 0. The Hall–Kier alpha value is 0.390. The highest BCUT2D eigenvalue weighted by atomic mass is 127. The van der Waals surface area contributed by atoms with Gasteiger partial charge in [0.1, 0.15) is 0 Å². The first-order valence-corrected chi connectivity index (χ1v) is 6.99. The van der Waals surface area contributed by atoms with Crippen LogP contribution in [0.3, 0.4) is 0 Å². The van der Waals surface area contributed by atoms with Crippen LogP contribution in [0.2, 0.25) is 0 Å². The summed E-state index contributed by atoms with van der Waals surface area (Å²) in [7, 11) is 0. The molecule has 0 atom stereocenters. The predicted molar refractivity (Wildman–Crippen MR) is 73.9 cm³/mol. The summed E-state index contributed by atoms with van der Waals surface area (Å²) in [5, 5.41) is 1.05. The molecule has 0 aliphatic heterocycles. The number of rotatable bonds is 5. The number of alkyl halides is 1. The Kier molecular flexibility index (Phi) is 6.05. The van der Waals surface area contributed by atoms with Crippen LogP contribution < -0.4 is 0 Å². The highest BCUT2D eigenvalue weighted by Gasteiger charge is 2.01. The fourth-order valence-corrected chi connectivity index (χ4v) is 2.18. The van der Waals surface area contributed by atoms with Crippen molar-refractivity contribution in [3.8, 4) is 0 Å². The summed E-state index contributed by atoms with van der Waals surface area (Å²) in [6, 6.07) is 8.74. The Morgan fingerprint density at radius 2 is 1.93 bits per heavy atom. The molecule has 0 spiro atoms. The molecule has 0 aliphatic carbocycles. The Morgan fingerprint density at radius 3 is 2.43 bits per heavy atom. The summed E-state index contributed by atoms with van der Waals surface area (Å²) in [5.41, 5.74) is 1.40. The molecule has 0 aromatic heterocycles. The third-order valence-electron chi connectivity index (χ3n) is 2.17. The molecule has 1 aromatic rings. The highest BCUT2D eigenvalue weighted by Crippen LogP contribution is 2.09. The lowest BCUT2D eigenvalue weighted by atomic mass is 10.2. The highest BCUT2D eigenvalue weighted by molar-refractivity contribution is 14.1. The zero-order chi connectivity index (χ0) is 10.4. The Balaban J connectivity index is 2.53. The molecule has 0 unspecified atom stereocenters. The zero-order valence-corrected chi connectivity index (χ0v) is 12.1. The minimum atomic E-state index is 1.05. The van der Waals surface area contributed by atoms with Crippen LogP contribution in [0, 0.1) is 3.57 Å². The van der Waals surface area contributed by atoms with E-state index in [2.05, 4.69) is 74.6 Å². The second-order valence-corrected chi connectivity index (χ2v) is 5.22. The normalized spacial score (nSPS) is 10.9. The third-order valence-corrected chi connectivity index (χ3v) is 3.24. The summed E-state index contributed by atoms with van der Waals surface area (Å²) < 4.78 is 1.30. The molecule has 1 nitrogen and oxygen atoms in total. The van der Waals surface area contributed by atoms with Gasteiger partial charge in [0, 0.05) is 22.0 Å². The van der Waals surface area contributed by atoms with Crippen molar-refractivity contribution in [2.24, 2.45) is 0 Å². The van der Waals surface area contributed by atoms with Crippen molar-refractivity contribution in [2.45, 2.75) is 13.5 Å². The summed E-state index contributed by atoms with van der Waals surface area (Å²) in [4.78, 5) is 2.43. The van der Waals surface area contributed by atoms with Crippen LogP contribution in [-0.2, 0) is 6.54 Å². The van der Waals surface area contributed by atoms with Crippen molar-refractivity contribution in [2.75, 3.05) is 18.4 Å². The predicted octanol–water partition coefficient (Wildman–Crippen LogP) is 3.51. The molecule has 0 saturated heterocycles. The van der Waals surface area contributed by atoms with E-state index in [1.54, 1.807) is 0 Å². The lowest BCUT2D eigenvalue weighted by molar-refractivity contribution is 0.299. The topological polar surface area (TPSA) is 3.24 Å². The minimum Gasteiger partial charge on any atom is -0.299 e. The number of benzene rings is 1. The first kappa shape index (κ1) is 12.5. The molecular formula is C11H15BrIN. The molecule has 0 radical (unpaired) electrons. The van der Waals surface area contributed by atoms with E-state index in [0.717, 1.165) is 25.0 Å². The second kappa shape index (κ2) is 6.80. The molecule has 0 fully saturated rings. The monoisotopic (exact) mass is 367 g/mol. The molecule has 0 aliphatic rings. The standard InChI is InChI=1S/C11H15BrIN/c1-2-14(8-7-12)9-10-3-5-11(13)6-4-10/h3-6H,2,7-9H2,1H3. The SMILES string of the molecule is CCN(CCBr)Cc1ccc(I)cc1. The van der Waals surface area contributed by atoms with Gasteiger partial charge in [-0.3, -0.25) is 4.90 Å². The molecular weight excluding hydrogens is 353 g/mol. The van der Waals surface area contributed by atoms with Crippen molar-refractivity contribution in [1.29, 1.82) is 0 Å². The van der Waals surface area contributed by atoms with E-state index in [9.17, 15) is 0 Å². The maximum Gasteiger partial charge on any atom is 0.0233 e. The van der Waals surface area contributed by atoms with E-state index in [0.29, 0.717) is 0 Å². The lowest BCUT2D eigenvalue weighted by Crippen LogP contribution is -2.24. The van der Waals surface area contributed by atoms with E-state index in [1.165, 1.54) is 9.13 Å². The van der Waals surface area contributed by atoms with Gasteiger partial charge in [0.05, 0.1) is 0 Å². The number of nitrogens with zero attached hydrogens (tertiary/aromatic N) is 1.